The van der Waals surface area contributed by atoms with Crippen LogP contribution in [0.5, 0.6) is 0 Å². The average Bonchev–Trinajstić information content (AvgIpc) is 2.36. The lowest BCUT2D eigenvalue weighted by atomic mass is 10.1. The maximum Gasteiger partial charge on any atom is 0.255 e. The van der Waals surface area contributed by atoms with Gasteiger partial charge in [-0.25, -0.2) is 8.78 Å². The van der Waals surface area contributed by atoms with Crippen molar-refractivity contribution in [1.29, 1.82) is 0 Å². The van der Waals surface area contributed by atoms with Crippen molar-refractivity contribution in [3.05, 3.63) is 63.1 Å². The van der Waals surface area contributed by atoms with Gasteiger partial charge in [0, 0.05) is 15.7 Å². The van der Waals surface area contributed by atoms with Gasteiger partial charge in [-0.05, 0) is 55.3 Å². The molecule has 0 aliphatic heterocycles. The maximum absolute atomic E-state index is 13.1. The summed E-state index contributed by atoms with van der Waals surface area (Å²) < 4.78 is 26.9. The molecule has 0 bridgehead atoms. The Morgan fingerprint density at radius 2 is 1.65 bits per heavy atom. The van der Waals surface area contributed by atoms with Gasteiger partial charge in [-0.15, -0.1) is 0 Å². The Bertz CT molecular complexity index is 663. The second-order valence-corrected chi connectivity index (χ2v) is 5.41. The van der Waals surface area contributed by atoms with E-state index in [0.29, 0.717) is 5.69 Å². The Kier molecular flexibility index (Phi) is 4.18. The van der Waals surface area contributed by atoms with E-state index in [1.54, 1.807) is 0 Å². The minimum atomic E-state index is -1.04. The van der Waals surface area contributed by atoms with E-state index < -0.39 is 17.5 Å². The van der Waals surface area contributed by atoms with Crippen molar-refractivity contribution in [3.8, 4) is 0 Å². The van der Waals surface area contributed by atoms with Crippen molar-refractivity contribution in [2.24, 2.45) is 0 Å². The SMILES string of the molecule is Cc1cc(Br)cc(C)c1NC(=O)c1ccc(F)c(F)c1. The number of hydrogen-bond donors (Lipinski definition) is 1. The van der Waals surface area contributed by atoms with Crippen LogP contribution in [-0.4, -0.2) is 5.91 Å². The molecule has 0 aliphatic carbocycles. The van der Waals surface area contributed by atoms with Gasteiger partial charge >= 0.3 is 0 Å². The lowest BCUT2D eigenvalue weighted by Crippen LogP contribution is -2.14. The molecule has 2 aromatic rings. The van der Waals surface area contributed by atoms with E-state index in [9.17, 15) is 13.6 Å². The van der Waals surface area contributed by atoms with E-state index in [-0.39, 0.29) is 5.56 Å². The van der Waals surface area contributed by atoms with Crippen LogP contribution in [0.3, 0.4) is 0 Å². The van der Waals surface area contributed by atoms with Crippen molar-refractivity contribution in [1.82, 2.24) is 0 Å². The van der Waals surface area contributed by atoms with E-state index in [1.807, 2.05) is 26.0 Å². The highest BCUT2D eigenvalue weighted by atomic mass is 79.9. The second kappa shape index (κ2) is 5.71. The molecule has 0 heterocycles. The molecule has 2 rings (SSSR count). The Balaban J connectivity index is 2.30. The fourth-order valence-electron chi connectivity index (χ4n) is 1.93. The van der Waals surface area contributed by atoms with Gasteiger partial charge in [0.15, 0.2) is 11.6 Å². The number of rotatable bonds is 2. The number of carbonyl (C=O) groups is 1. The van der Waals surface area contributed by atoms with Crippen molar-refractivity contribution in [3.63, 3.8) is 0 Å². The fraction of sp³-hybridized carbons (Fsp3) is 0.133. The van der Waals surface area contributed by atoms with Crippen molar-refractivity contribution >= 4 is 27.5 Å². The topological polar surface area (TPSA) is 29.1 Å². The third-order valence-corrected chi connectivity index (χ3v) is 3.38. The predicted molar refractivity (Wildman–Crippen MR) is 77.9 cm³/mol. The number of amides is 1. The van der Waals surface area contributed by atoms with Crippen LogP contribution in [0, 0.1) is 25.5 Å². The number of halogens is 3. The largest absolute Gasteiger partial charge is 0.322 e. The van der Waals surface area contributed by atoms with E-state index in [0.717, 1.165) is 27.7 Å². The van der Waals surface area contributed by atoms with E-state index in [4.69, 9.17) is 0 Å². The number of carbonyl (C=O) groups excluding carboxylic acids is 1. The maximum atomic E-state index is 13.1. The molecule has 0 aliphatic rings. The fourth-order valence-corrected chi connectivity index (χ4v) is 2.62. The molecule has 2 nitrogen and oxygen atoms in total. The first-order chi connectivity index (χ1) is 9.38. The first kappa shape index (κ1) is 14.7. The molecule has 20 heavy (non-hydrogen) atoms. The minimum Gasteiger partial charge on any atom is -0.322 e. The molecule has 1 N–H and O–H groups in total. The Hall–Kier alpha value is -1.75. The lowest BCUT2D eigenvalue weighted by molar-refractivity contribution is 0.102. The Morgan fingerprint density at radius 3 is 2.20 bits per heavy atom. The molecule has 1 amide bonds. The molecule has 5 heteroatoms. The van der Waals surface area contributed by atoms with Gasteiger partial charge in [0.1, 0.15) is 0 Å². The smallest absolute Gasteiger partial charge is 0.255 e. The summed E-state index contributed by atoms with van der Waals surface area (Å²) in [4.78, 5) is 12.1. The highest BCUT2D eigenvalue weighted by Gasteiger charge is 2.12. The zero-order valence-electron chi connectivity index (χ0n) is 10.9. The van der Waals surface area contributed by atoms with E-state index >= 15 is 0 Å². The highest BCUT2D eigenvalue weighted by Crippen LogP contribution is 2.25. The van der Waals surface area contributed by atoms with Crippen LogP contribution >= 0.6 is 15.9 Å². The van der Waals surface area contributed by atoms with Crippen LogP contribution in [0.25, 0.3) is 0 Å². The molecule has 104 valence electrons. The second-order valence-electron chi connectivity index (χ2n) is 4.50. The number of nitrogens with one attached hydrogen (secondary N) is 1. The molecular weight excluding hydrogens is 328 g/mol. The van der Waals surface area contributed by atoms with Gasteiger partial charge in [-0.3, -0.25) is 4.79 Å². The number of benzene rings is 2. The van der Waals surface area contributed by atoms with Gasteiger partial charge in [0.05, 0.1) is 0 Å². The summed E-state index contributed by atoms with van der Waals surface area (Å²) in [7, 11) is 0. The van der Waals surface area contributed by atoms with Crippen LogP contribution in [0.15, 0.2) is 34.8 Å². The Labute approximate surface area is 123 Å². The molecular formula is C15H12BrF2NO. The Morgan fingerprint density at radius 1 is 1.05 bits per heavy atom. The van der Waals surface area contributed by atoms with Gasteiger partial charge < -0.3 is 5.32 Å². The van der Waals surface area contributed by atoms with Crippen molar-refractivity contribution in [2.75, 3.05) is 5.32 Å². The van der Waals surface area contributed by atoms with Crippen LogP contribution in [0.4, 0.5) is 14.5 Å². The van der Waals surface area contributed by atoms with E-state index in [1.165, 1.54) is 6.07 Å². The molecule has 0 atom stereocenters. The first-order valence-electron chi connectivity index (χ1n) is 5.91. The summed E-state index contributed by atoms with van der Waals surface area (Å²) in [5, 5.41) is 2.72. The highest BCUT2D eigenvalue weighted by molar-refractivity contribution is 9.10. The molecule has 0 fully saturated rings. The summed E-state index contributed by atoms with van der Waals surface area (Å²) >= 11 is 3.37. The molecule has 0 saturated heterocycles. The molecule has 0 radical (unpaired) electrons. The summed E-state index contributed by atoms with van der Waals surface area (Å²) in [6.07, 6.45) is 0. The average molecular weight is 340 g/mol. The first-order valence-corrected chi connectivity index (χ1v) is 6.71. The molecule has 0 spiro atoms. The molecule has 0 saturated carbocycles. The van der Waals surface area contributed by atoms with Crippen LogP contribution in [-0.2, 0) is 0 Å². The van der Waals surface area contributed by atoms with Crippen LogP contribution in [0.1, 0.15) is 21.5 Å². The summed E-state index contributed by atoms with van der Waals surface area (Å²) in [6.45, 7) is 3.72. The predicted octanol–water partition coefficient (Wildman–Crippen LogP) is 4.60. The van der Waals surface area contributed by atoms with Crippen LogP contribution < -0.4 is 5.32 Å². The molecule has 2 aromatic carbocycles. The van der Waals surface area contributed by atoms with Gasteiger partial charge in [-0.2, -0.15) is 0 Å². The van der Waals surface area contributed by atoms with Gasteiger partial charge in [0.2, 0.25) is 0 Å². The number of aryl methyl sites for hydroxylation is 2. The van der Waals surface area contributed by atoms with Gasteiger partial charge in [0.25, 0.3) is 5.91 Å². The van der Waals surface area contributed by atoms with Crippen molar-refractivity contribution in [2.45, 2.75) is 13.8 Å². The summed E-state index contributed by atoms with van der Waals surface area (Å²) in [5.41, 5.74) is 2.51. The third-order valence-electron chi connectivity index (χ3n) is 2.92. The molecule has 0 unspecified atom stereocenters. The zero-order chi connectivity index (χ0) is 14.9. The summed E-state index contributed by atoms with van der Waals surface area (Å²) in [5.74, 6) is -2.49. The normalized spacial score (nSPS) is 10.4. The standard InChI is InChI=1S/C15H12BrF2NO/c1-8-5-11(16)6-9(2)14(8)19-15(20)10-3-4-12(17)13(18)7-10/h3-7H,1-2H3,(H,19,20). The minimum absolute atomic E-state index is 0.0746. The number of anilines is 1. The quantitative estimate of drug-likeness (QED) is 0.851. The van der Waals surface area contributed by atoms with Crippen molar-refractivity contribution < 1.29 is 13.6 Å². The monoisotopic (exact) mass is 339 g/mol. The zero-order valence-corrected chi connectivity index (χ0v) is 12.5. The van der Waals surface area contributed by atoms with E-state index in [2.05, 4.69) is 21.2 Å². The summed E-state index contributed by atoms with van der Waals surface area (Å²) in [6, 6.07) is 6.80. The lowest BCUT2D eigenvalue weighted by Gasteiger charge is -2.12. The van der Waals surface area contributed by atoms with Gasteiger partial charge in [-0.1, -0.05) is 15.9 Å². The third kappa shape index (κ3) is 3.04. The molecule has 0 aromatic heterocycles. The van der Waals surface area contributed by atoms with Crippen LogP contribution in [0.2, 0.25) is 0 Å². The number of hydrogen-bond acceptors (Lipinski definition) is 1.